The van der Waals surface area contributed by atoms with Gasteiger partial charge in [0.15, 0.2) is 0 Å². The molecule has 0 spiro atoms. The second-order valence-electron chi connectivity index (χ2n) is 3.88. The molecule has 1 aliphatic carbocycles. The average Bonchev–Trinajstić information content (AvgIpc) is 2.54. The van der Waals surface area contributed by atoms with Crippen molar-refractivity contribution < 1.29 is 0 Å². The predicted molar refractivity (Wildman–Crippen MR) is 57.1 cm³/mol. The molecule has 1 heterocycles. The number of aromatic nitrogens is 2. The first kappa shape index (κ1) is 9.24. The lowest BCUT2D eigenvalue weighted by molar-refractivity contribution is 0.743. The van der Waals surface area contributed by atoms with Crippen LogP contribution in [-0.4, -0.2) is 16.0 Å². The van der Waals surface area contributed by atoms with Gasteiger partial charge in [0.25, 0.3) is 0 Å². The molecule has 0 bridgehead atoms. The Kier molecular flexibility index (Phi) is 2.52. The number of nitrogen functional groups attached to an aromatic ring is 1. The average molecular weight is 192 g/mol. The van der Waals surface area contributed by atoms with Gasteiger partial charge in [0.1, 0.15) is 5.82 Å². The van der Waals surface area contributed by atoms with Crippen molar-refractivity contribution in [3.8, 4) is 0 Å². The zero-order valence-electron chi connectivity index (χ0n) is 8.45. The molecular weight excluding hydrogens is 176 g/mol. The van der Waals surface area contributed by atoms with Crippen LogP contribution < -0.4 is 11.1 Å². The highest BCUT2D eigenvalue weighted by atomic mass is 15.1. The fourth-order valence-electron chi connectivity index (χ4n) is 1.91. The predicted octanol–water partition coefficient (Wildman–Crippen LogP) is 1.72. The van der Waals surface area contributed by atoms with Crippen molar-refractivity contribution in [3.63, 3.8) is 0 Å². The first-order valence-corrected chi connectivity index (χ1v) is 5.12. The molecule has 4 heteroatoms. The monoisotopic (exact) mass is 192 g/mol. The molecule has 4 nitrogen and oxygen atoms in total. The summed E-state index contributed by atoms with van der Waals surface area (Å²) in [7, 11) is 0. The minimum absolute atomic E-state index is 0.538. The van der Waals surface area contributed by atoms with Crippen molar-refractivity contribution in [2.45, 2.75) is 38.6 Å². The normalized spacial score (nSPS) is 17.2. The number of anilines is 2. The van der Waals surface area contributed by atoms with Crippen LogP contribution in [0, 0.1) is 6.92 Å². The lowest BCUT2D eigenvalue weighted by atomic mass is 10.2. The summed E-state index contributed by atoms with van der Waals surface area (Å²) in [5, 5.41) is 3.32. The Morgan fingerprint density at radius 1 is 1.36 bits per heavy atom. The van der Waals surface area contributed by atoms with Gasteiger partial charge in [-0.15, -0.1) is 0 Å². The number of aryl methyl sites for hydroxylation is 1. The Morgan fingerprint density at radius 3 is 2.71 bits per heavy atom. The van der Waals surface area contributed by atoms with Crippen molar-refractivity contribution in [1.29, 1.82) is 0 Å². The fourth-order valence-corrected chi connectivity index (χ4v) is 1.91. The molecule has 0 atom stereocenters. The maximum Gasteiger partial charge on any atom is 0.225 e. The molecule has 76 valence electrons. The highest BCUT2D eigenvalue weighted by Gasteiger charge is 2.15. The van der Waals surface area contributed by atoms with Crippen molar-refractivity contribution >= 4 is 11.8 Å². The molecule has 2 rings (SSSR count). The van der Waals surface area contributed by atoms with Crippen LogP contribution in [0.4, 0.5) is 11.8 Å². The summed E-state index contributed by atoms with van der Waals surface area (Å²) in [5.74, 6) is 1.22. The number of nitrogens with one attached hydrogen (secondary N) is 1. The highest BCUT2D eigenvalue weighted by Crippen LogP contribution is 2.21. The molecule has 0 saturated heterocycles. The number of hydrogen-bond donors (Lipinski definition) is 2. The van der Waals surface area contributed by atoms with Gasteiger partial charge in [-0.2, -0.15) is 4.98 Å². The summed E-state index contributed by atoms with van der Waals surface area (Å²) in [6.45, 7) is 1.93. The van der Waals surface area contributed by atoms with E-state index in [1.807, 2.05) is 6.92 Å². The van der Waals surface area contributed by atoms with Gasteiger partial charge in [0, 0.05) is 17.8 Å². The Labute approximate surface area is 83.9 Å². The summed E-state index contributed by atoms with van der Waals surface area (Å²) in [6.07, 6.45) is 5.05. The van der Waals surface area contributed by atoms with E-state index in [1.54, 1.807) is 6.07 Å². The lowest BCUT2D eigenvalue weighted by Gasteiger charge is -2.12. The second-order valence-corrected chi connectivity index (χ2v) is 3.88. The molecule has 1 aliphatic rings. The Hall–Kier alpha value is -1.32. The van der Waals surface area contributed by atoms with Gasteiger partial charge in [-0.3, -0.25) is 0 Å². The van der Waals surface area contributed by atoms with Crippen LogP contribution in [0.25, 0.3) is 0 Å². The van der Waals surface area contributed by atoms with Gasteiger partial charge in [0.05, 0.1) is 0 Å². The summed E-state index contributed by atoms with van der Waals surface area (Å²) in [6, 6.07) is 2.32. The lowest BCUT2D eigenvalue weighted by Crippen LogP contribution is -2.17. The van der Waals surface area contributed by atoms with Gasteiger partial charge >= 0.3 is 0 Å². The van der Waals surface area contributed by atoms with Gasteiger partial charge in [-0.05, 0) is 19.8 Å². The van der Waals surface area contributed by atoms with Crippen LogP contribution in [0.15, 0.2) is 6.07 Å². The molecule has 0 aromatic carbocycles. The zero-order chi connectivity index (χ0) is 9.97. The molecule has 14 heavy (non-hydrogen) atoms. The van der Waals surface area contributed by atoms with Crippen LogP contribution in [0.5, 0.6) is 0 Å². The maximum absolute atomic E-state index is 5.64. The quantitative estimate of drug-likeness (QED) is 0.749. The SMILES string of the molecule is Cc1cc(N)nc(NC2CCCC2)n1. The largest absolute Gasteiger partial charge is 0.384 e. The standard InChI is InChI=1S/C10H16N4/c1-7-6-9(11)14-10(12-7)13-8-4-2-3-5-8/h6,8H,2-5H2,1H3,(H3,11,12,13,14). The van der Waals surface area contributed by atoms with Crippen molar-refractivity contribution in [3.05, 3.63) is 11.8 Å². The van der Waals surface area contributed by atoms with Crippen LogP contribution in [-0.2, 0) is 0 Å². The Bertz CT molecular complexity index is 298. The molecule has 1 aromatic rings. The third kappa shape index (κ3) is 2.13. The van der Waals surface area contributed by atoms with Gasteiger partial charge < -0.3 is 11.1 Å². The Morgan fingerprint density at radius 2 is 2.07 bits per heavy atom. The second kappa shape index (κ2) is 3.82. The van der Waals surface area contributed by atoms with Crippen molar-refractivity contribution in [2.75, 3.05) is 11.1 Å². The summed E-state index contributed by atoms with van der Waals surface area (Å²) < 4.78 is 0. The van der Waals surface area contributed by atoms with E-state index in [-0.39, 0.29) is 0 Å². The fraction of sp³-hybridized carbons (Fsp3) is 0.600. The third-order valence-corrected chi connectivity index (χ3v) is 2.56. The van der Waals surface area contributed by atoms with E-state index >= 15 is 0 Å². The molecule has 0 unspecified atom stereocenters. The first-order chi connectivity index (χ1) is 6.74. The molecular formula is C10H16N4. The summed E-state index contributed by atoms with van der Waals surface area (Å²) in [4.78, 5) is 8.45. The van der Waals surface area contributed by atoms with E-state index in [2.05, 4.69) is 15.3 Å². The minimum atomic E-state index is 0.538. The highest BCUT2D eigenvalue weighted by molar-refractivity contribution is 5.38. The third-order valence-electron chi connectivity index (χ3n) is 2.56. The smallest absolute Gasteiger partial charge is 0.225 e. The summed E-state index contributed by atoms with van der Waals surface area (Å²) in [5.41, 5.74) is 6.56. The van der Waals surface area contributed by atoms with E-state index in [1.165, 1.54) is 25.7 Å². The minimum Gasteiger partial charge on any atom is -0.384 e. The molecule has 0 aliphatic heterocycles. The van der Waals surface area contributed by atoms with Crippen LogP contribution in [0.3, 0.4) is 0 Å². The first-order valence-electron chi connectivity index (χ1n) is 5.12. The molecule has 1 aromatic heterocycles. The van der Waals surface area contributed by atoms with Gasteiger partial charge in [0.2, 0.25) is 5.95 Å². The Balaban J connectivity index is 2.07. The van der Waals surface area contributed by atoms with Crippen LogP contribution in [0.2, 0.25) is 0 Å². The number of nitrogens with zero attached hydrogens (tertiary/aromatic N) is 2. The van der Waals surface area contributed by atoms with E-state index in [9.17, 15) is 0 Å². The molecule has 0 radical (unpaired) electrons. The van der Waals surface area contributed by atoms with Crippen LogP contribution in [0.1, 0.15) is 31.4 Å². The van der Waals surface area contributed by atoms with E-state index in [0.29, 0.717) is 17.8 Å². The molecule has 1 fully saturated rings. The van der Waals surface area contributed by atoms with E-state index in [4.69, 9.17) is 5.73 Å². The molecule has 3 N–H and O–H groups in total. The molecule has 0 amide bonds. The number of hydrogen-bond acceptors (Lipinski definition) is 4. The topological polar surface area (TPSA) is 63.8 Å². The number of rotatable bonds is 2. The number of nitrogens with two attached hydrogens (primary N) is 1. The zero-order valence-corrected chi connectivity index (χ0v) is 8.45. The van der Waals surface area contributed by atoms with Gasteiger partial charge in [-0.1, -0.05) is 12.8 Å². The maximum atomic E-state index is 5.64. The molecule has 1 saturated carbocycles. The van der Waals surface area contributed by atoms with Crippen molar-refractivity contribution in [1.82, 2.24) is 9.97 Å². The van der Waals surface area contributed by atoms with E-state index < -0.39 is 0 Å². The van der Waals surface area contributed by atoms with Crippen molar-refractivity contribution in [2.24, 2.45) is 0 Å². The summed E-state index contributed by atoms with van der Waals surface area (Å²) >= 11 is 0. The van der Waals surface area contributed by atoms with Gasteiger partial charge in [-0.25, -0.2) is 4.98 Å². The van der Waals surface area contributed by atoms with Crippen LogP contribution >= 0.6 is 0 Å². The van der Waals surface area contributed by atoms with E-state index in [0.717, 1.165) is 5.69 Å².